The summed E-state index contributed by atoms with van der Waals surface area (Å²) in [4.78, 5) is 41.8. The van der Waals surface area contributed by atoms with Gasteiger partial charge in [0, 0.05) is 6.54 Å². The number of para-hydroxylation sites is 1. The molecule has 0 bridgehead atoms. The van der Waals surface area contributed by atoms with Crippen LogP contribution in [0.2, 0.25) is 0 Å². The van der Waals surface area contributed by atoms with E-state index in [-0.39, 0.29) is 17.1 Å². The molecule has 0 radical (unpaired) electrons. The van der Waals surface area contributed by atoms with E-state index in [4.69, 9.17) is 4.42 Å². The van der Waals surface area contributed by atoms with Crippen molar-refractivity contribution in [1.82, 2.24) is 20.4 Å². The molecule has 33 heavy (non-hydrogen) atoms. The van der Waals surface area contributed by atoms with Crippen molar-refractivity contribution in [3.05, 3.63) is 58.8 Å². The van der Waals surface area contributed by atoms with Gasteiger partial charge in [-0.05, 0) is 36.6 Å². The lowest BCUT2D eigenvalue weighted by Crippen LogP contribution is -2.42. The molecule has 3 aromatic rings. The van der Waals surface area contributed by atoms with Crippen LogP contribution in [0.1, 0.15) is 56.5 Å². The maximum Gasteiger partial charge on any atom is 0.305 e. The van der Waals surface area contributed by atoms with Gasteiger partial charge in [0.25, 0.3) is 5.56 Å². The monoisotopic (exact) mass is 470 g/mol. The van der Waals surface area contributed by atoms with E-state index < -0.39 is 11.8 Å². The third-order valence-corrected chi connectivity index (χ3v) is 6.11. The first-order valence-electron chi connectivity index (χ1n) is 11.2. The Labute approximate surface area is 197 Å². The molecule has 176 valence electrons. The highest BCUT2D eigenvalue weighted by molar-refractivity contribution is 7.99. The largest absolute Gasteiger partial charge is 0.459 e. The van der Waals surface area contributed by atoms with Crippen molar-refractivity contribution in [3.8, 4) is 0 Å². The van der Waals surface area contributed by atoms with Gasteiger partial charge in [0.2, 0.25) is 5.91 Å². The first-order valence-corrected chi connectivity index (χ1v) is 12.2. The Bertz CT molecular complexity index is 1130. The van der Waals surface area contributed by atoms with Crippen molar-refractivity contribution in [2.75, 3.05) is 5.75 Å². The Kier molecular flexibility index (Phi) is 9.12. The van der Waals surface area contributed by atoms with Crippen LogP contribution >= 0.6 is 11.8 Å². The summed E-state index contributed by atoms with van der Waals surface area (Å²) in [5.74, 6) is -0.159. The second kappa shape index (κ2) is 12.2. The minimum atomic E-state index is -0.545. The number of hydrazine groups is 1. The number of unbranched alkanes of at least 4 members (excludes halogenated alkanes) is 3. The van der Waals surface area contributed by atoms with Gasteiger partial charge in [-0.3, -0.25) is 29.8 Å². The van der Waals surface area contributed by atoms with Gasteiger partial charge in [-0.1, -0.05) is 63.4 Å². The van der Waals surface area contributed by atoms with Crippen molar-refractivity contribution >= 4 is 34.5 Å². The number of nitrogens with one attached hydrogen (secondary N) is 2. The van der Waals surface area contributed by atoms with Crippen molar-refractivity contribution in [1.29, 1.82) is 0 Å². The molecule has 1 aromatic carbocycles. The second-order valence-corrected chi connectivity index (χ2v) is 9.18. The van der Waals surface area contributed by atoms with Crippen molar-refractivity contribution in [2.45, 2.75) is 57.7 Å². The molecule has 0 unspecified atom stereocenters. The predicted octanol–water partition coefficient (Wildman–Crippen LogP) is 4.15. The molecule has 2 heterocycles. The average Bonchev–Trinajstić information content (AvgIpc) is 3.34. The lowest BCUT2D eigenvalue weighted by Gasteiger charge is -2.13. The van der Waals surface area contributed by atoms with Crippen LogP contribution in [0.25, 0.3) is 10.9 Å². The molecule has 0 spiro atoms. The number of benzene rings is 1. The van der Waals surface area contributed by atoms with E-state index in [0.29, 0.717) is 28.5 Å². The Morgan fingerprint density at radius 3 is 2.61 bits per heavy atom. The first kappa shape index (κ1) is 24.6. The molecular formula is C24H30N4O4S. The minimum Gasteiger partial charge on any atom is -0.459 e. The number of hydrogen-bond acceptors (Lipinski definition) is 6. The highest BCUT2D eigenvalue weighted by atomic mass is 32.2. The standard InChI is InChI=1S/C24H30N4O4S/c1-17(2)10-5-3-4-8-14-28-23(31)18-11-6-7-12-19(18)25-24(28)33-16-21(29)26-27-22(30)20-13-9-15-32-20/h6-7,9,11-13,15,17H,3-5,8,10,14,16H2,1-2H3,(H,26,29)(H,27,30). The summed E-state index contributed by atoms with van der Waals surface area (Å²) in [5, 5.41) is 1.06. The van der Waals surface area contributed by atoms with Gasteiger partial charge in [-0.25, -0.2) is 4.98 Å². The van der Waals surface area contributed by atoms with Gasteiger partial charge in [0.15, 0.2) is 10.9 Å². The summed E-state index contributed by atoms with van der Waals surface area (Å²) < 4.78 is 6.64. The van der Waals surface area contributed by atoms with Crippen LogP contribution in [0.3, 0.4) is 0 Å². The Balaban J connectivity index is 1.62. The number of aromatic nitrogens is 2. The topological polar surface area (TPSA) is 106 Å². The molecule has 0 atom stereocenters. The molecule has 0 saturated heterocycles. The van der Waals surface area contributed by atoms with E-state index in [2.05, 4.69) is 29.7 Å². The fraction of sp³-hybridized carbons (Fsp3) is 0.417. The molecule has 3 rings (SSSR count). The molecule has 2 N–H and O–H groups in total. The van der Waals surface area contributed by atoms with Crippen LogP contribution in [-0.2, 0) is 11.3 Å². The molecule has 0 aliphatic heterocycles. The van der Waals surface area contributed by atoms with Crippen LogP contribution in [0, 0.1) is 5.92 Å². The lowest BCUT2D eigenvalue weighted by molar-refractivity contribution is -0.119. The van der Waals surface area contributed by atoms with Crippen molar-refractivity contribution in [3.63, 3.8) is 0 Å². The summed E-state index contributed by atoms with van der Waals surface area (Å²) in [6, 6.07) is 10.3. The fourth-order valence-electron chi connectivity index (χ4n) is 3.39. The Morgan fingerprint density at radius 2 is 1.85 bits per heavy atom. The molecule has 2 amide bonds. The van der Waals surface area contributed by atoms with E-state index in [1.54, 1.807) is 22.8 Å². The minimum absolute atomic E-state index is 0.00238. The van der Waals surface area contributed by atoms with Gasteiger partial charge < -0.3 is 4.42 Å². The van der Waals surface area contributed by atoms with E-state index in [1.807, 2.05) is 12.1 Å². The number of carbonyl (C=O) groups excluding carboxylic acids is 2. The van der Waals surface area contributed by atoms with E-state index >= 15 is 0 Å². The number of rotatable bonds is 11. The lowest BCUT2D eigenvalue weighted by atomic mass is 10.0. The number of hydrogen-bond donors (Lipinski definition) is 2. The van der Waals surface area contributed by atoms with Gasteiger partial charge in [0.1, 0.15) is 0 Å². The molecule has 2 aromatic heterocycles. The van der Waals surface area contributed by atoms with Crippen LogP contribution in [0.15, 0.2) is 57.0 Å². The van der Waals surface area contributed by atoms with Crippen LogP contribution in [0.4, 0.5) is 0 Å². The SMILES string of the molecule is CC(C)CCCCCCn1c(SCC(=O)NNC(=O)c2ccco2)nc2ccccc2c1=O. The average molecular weight is 471 g/mol. The van der Waals surface area contributed by atoms with E-state index in [1.165, 1.54) is 36.9 Å². The second-order valence-electron chi connectivity index (χ2n) is 8.23. The van der Waals surface area contributed by atoms with Crippen LogP contribution in [0.5, 0.6) is 0 Å². The third-order valence-electron chi connectivity index (χ3n) is 5.13. The van der Waals surface area contributed by atoms with Crippen LogP contribution < -0.4 is 16.4 Å². The highest BCUT2D eigenvalue weighted by Gasteiger charge is 2.14. The number of thioether (sulfide) groups is 1. The van der Waals surface area contributed by atoms with Gasteiger partial charge in [0.05, 0.1) is 22.9 Å². The molecule has 8 nitrogen and oxygen atoms in total. The van der Waals surface area contributed by atoms with Gasteiger partial charge >= 0.3 is 5.91 Å². The zero-order valence-electron chi connectivity index (χ0n) is 19.0. The molecular weight excluding hydrogens is 440 g/mol. The zero-order valence-corrected chi connectivity index (χ0v) is 19.8. The van der Waals surface area contributed by atoms with Crippen LogP contribution in [-0.4, -0.2) is 27.1 Å². The fourth-order valence-corrected chi connectivity index (χ4v) is 4.22. The van der Waals surface area contributed by atoms with Gasteiger partial charge in [-0.2, -0.15) is 0 Å². The highest BCUT2D eigenvalue weighted by Crippen LogP contribution is 2.19. The van der Waals surface area contributed by atoms with E-state index in [9.17, 15) is 14.4 Å². The number of fused-ring (bicyclic) bond motifs is 1. The number of nitrogens with zero attached hydrogens (tertiary/aromatic N) is 2. The molecule has 0 aliphatic rings. The van der Waals surface area contributed by atoms with Crippen molar-refractivity contribution in [2.24, 2.45) is 5.92 Å². The summed E-state index contributed by atoms with van der Waals surface area (Å²) in [7, 11) is 0. The van der Waals surface area contributed by atoms with Crippen molar-refractivity contribution < 1.29 is 14.0 Å². The molecule has 0 fully saturated rings. The number of amides is 2. The Morgan fingerprint density at radius 1 is 1.06 bits per heavy atom. The number of carbonyl (C=O) groups is 2. The summed E-state index contributed by atoms with van der Waals surface area (Å²) >= 11 is 1.17. The maximum absolute atomic E-state index is 13.1. The normalized spacial score (nSPS) is 11.1. The quantitative estimate of drug-likeness (QED) is 0.189. The molecule has 0 saturated carbocycles. The maximum atomic E-state index is 13.1. The predicted molar refractivity (Wildman–Crippen MR) is 129 cm³/mol. The molecule has 0 aliphatic carbocycles. The summed E-state index contributed by atoms with van der Waals surface area (Å²) in [6.07, 6.45) is 6.82. The Hall–Kier alpha value is -3.07. The van der Waals surface area contributed by atoms with Gasteiger partial charge in [-0.15, -0.1) is 0 Å². The first-order chi connectivity index (χ1) is 16.0. The summed E-state index contributed by atoms with van der Waals surface area (Å²) in [6.45, 7) is 5.00. The third kappa shape index (κ3) is 7.21. The number of furan rings is 1. The molecule has 9 heteroatoms. The smallest absolute Gasteiger partial charge is 0.305 e. The zero-order chi connectivity index (χ0) is 23.6. The van der Waals surface area contributed by atoms with E-state index in [0.717, 1.165) is 19.3 Å². The summed E-state index contributed by atoms with van der Waals surface area (Å²) in [5.41, 5.74) is 5.16.